The fraction of sp³-hybridized carbons (Fsp3) is 0.929. The number of piperidine rings is 1. The first-order valence-corrected chi connectivity index (χ1v) is 7.05. The molecule has 1 fully saturated rings. The van der Waals surface area contributed by atoms with Crippen LogP contribution in [0.2, 0.25) is 0 Å². The SMILES string of the molecule is COC(=O)N1CC(CC(C)(C)C)CC(NCC(F)F)C1. The van der Waals surface area contributed by atoms with Gasteiger partial charge in [0.05, 0.1) is 13.7 Å². The number of rotatable bonds is 4. The van der Waals surface area contributed by atoms with Gasteiger partial charge in [0, 0.05) is 19.1 Å². The lowest BCUT2D eigenvalue weighted by Gasteiger charge is -2.39. The van der Waals surface area contributed by atoms with Crippen molar-refractivity contribution in [1.29, 1.82) is 0 Å². The number of methoxy groups -OCH3 is 1. The van der Waals surface area contributed by atoms with Crippen LogP contribution in [0.15, 0.2) is 0 Å². The lowest BCUT2D eigenvalue weighted by atomic mass is 9.80. The van der Waals surface area contributed by atoms with Crippen LogP contribution in [0.25, 0.3) is 0 Å². The number of alkyl halides is 2. The first kappa shape index (κ1) is 17.1. The summed E-state index contributed by atoms with van der Waals surface area (Å²) < 4.78 is 29.4. The number of carbonyl (C=O) groups excluding carboxylic acids is 1. The number of amides is 1. The second-order valence-electron chi connectivity index (χ2n) is 6.74. The molecule has 1 heterocycles. The van der Waals surface area contributed by atoms with Crippen molar-refractivity contribution in [3.8, 4) is 0 Å². The summed E-state index contributed by atoms with van der Waals surface area (Å²) >= 11 is 0. The number of hydrogen-bond donors (Lipinski definition) is 1. The van der Waals surface area contributed by atoms with Crippen molar-refractivity contribution in [3.05, 3.63) is 0 Å². The third-order valence-corrected chi connectivity index (χ3v) is 3.43. The third-order valence-electron chi connectivity index (χ3n) is 3.43. The molecular formula is C14H26F2N2O2. The van der Waals surface area contributed by atoms with Gasteiger partial charge in [0.25, 0.3) is 6.43 Å². The highest BCUT2D eigenvalue weighted by Crippen LogP contribution is 2.30. The molecule has 0 saturated carbocycles. The van der Waals surface area contributed by atoms with Crippen LogP contribution < -0.4 is 5.32 Å². The van der Waals surface area contributed by atoms with Crippen LogP contribution in [0.4, 0.5) is 13.6 Å². The third kappa shape index (κ3) is 6.03. The second kappa shape index (κ2) is 7.20. The summed E-state index contributed by atoms with van der Waals surface area (Å²) in [6, 6.07) is -0.0933. The monoisotopic (exact) mass is 292 g/mol. The van der Waals surface area contributed by atoms with E-state index in [4.69, 9.17) is 4.74 Å². The van der Waals surface area contributed by atoms with Crippen LogP contribution in [-0.4, -0.2) is 50.2 Å². The Hall–Kier alpha value is -0.910. The zero-order chi connectivity index (χ0) is 15.3. The molecule has 0 aromatic heterocycles. The van der Waals surface area contributed by atoms with E-state index in [2.05, 4.69) is 26.1 Å². The molecule has 1 aliphatic heterocycles. The maximum Gasteiger partial charge on any atom is 0.409 e. The van der Waals surface area contributed by atoms with Crippen LogP contribution >= 0.6 is 0 Å². The Morgan fingerprint density at radius 1 is 1.40 bits per heavy atom. The lowest BCUT2D eigenvalue weighted by Crippen LogP contribution is -2.52. The minimum atomic E-state index is -2.37. The Kier molecular flexibility index (Phi) is 6.17. The minimum absolute atomic E-state index is 0.0933. The maximum atomic E-state index is 12.3. The average Bonchev–Trinajstić information content (AvgIpc) is 2.33. The van der Waals surface area contributed by atoms with Gasteiger partial charge in [0.2, 0.25) is 0 Å². The molecule has 1 rings (SSSR count). The van der Waals surface area contributed by atoms with E-state index in [1.54, 1.807) is 4.90 Å². The number of halogens is 2. The van der Waals surface area contributed by atoms with Gasteiger partial charge in [0.15, 0.2) is 0 Å². The molecule has 0 aromatic rings. The highest BCUT2D eigenvalue weighted by atomic mass is 19.3. The van der Waals surface area contributed by atoms with Gasteiger partial charge in [0.1, 0.15) is 0 Å². The van der Waals surface area contributed by atoms with Gasteiger partial charge in [-0.15, -0.1) is 0 Å². The topological polar surface area (TPSA) is 41.6 Å². The molecular weight excluding hydrogens is 266 g/mol. The molecule has 1 N–H and O–H groups in total. The van der Waals surface area contributed by atoms with Crippen LogP contribution in [0.5, 0.6) is 0 Å². The predicted octanol–water partition coefficient (Wildman–Crippen LogP) is 2.73. The van der Waals surface area contributed by atoms with Crippen molar-refractivity contribution in [2.75, 3.05) is 26.7 Å². The molecule has 2 unspecified atom stereocenters. The molecule has 1 aliphatic rings. The van der Waals surface area contributed by atoms with E-state index in [1.165, 1.54) is 7.11 Å². The summed E-state index contributed by atoms with van der Waals surface area (Å²) in [6.45, 7) is 7.17. The fourth-order valence-electron chi connectivity index (χ4n) is 2.90. The van der Waals surface area contributed by atoms with E-state index in [1.807, 2.05) is 0 Å². The number of likely N-dealkylation sites (tertiary alicyclic amines) is 1. The molecule has 0 aromatic carbocycles. The number of ether oxygens (including phenoxy) is 1. The first-order valence-electron chi connectivity index (χ1n) is 7.05. The molecule has 0 spiro atoms. The molecule has 2 atom stereocenters. The average molecular weight is 292 g/mol. The first-order chi connectivity index (χ1) is 9.21. The Balaban J connectivity index is 2.64. The Bertz CT molecular complexity index is 319. The van der Waals surface area contributed by atoms with Gasteiger partial charge in [-0.05, 0) is 24.2 Å². The van der Waals surface area contributed by atoms with Crippen molar-refractivity contribution in [3.63, 3.8) is 0 Å². The molecule has 0 bridgehead atoms. The number of nitrogens with zero attached hydrogens (tertiary/aromatic N) is 1. The van der Waals surface area contributed by atoms with Crippen molar-refractivity contribution in [1.82, 2.24) is 10.2 Å². The van der Waals surface area contributed by atoms with Gasteiger partial charge in [-0.1, -0.05) is 20.8 Å². The van der Waals surface area contributed by atoms with Crippen LogP contribution in [-0.2, 0) is 4.74 Å². The van der Waals surface area contributed by atoms with Crippen molar-refractivity contribution < 1.29 is 18.3 Å². The molecule has 6 heteroatoms. The van der Waals surface area contributed by atoms with Crippen molar-refractivity contribution in [2.45, 2.75) is 46.1 Å². The molecule has 1 amide bonds. The summed E-state index contributed by atoms with van der Waals surface area (Å²) in [5.74, 6) is 0.304. The predicted molar refractivity (Wildman–Crippen MR) is 74.0 cm³/mol. The molecule has 4 nitrogen and oxygen atoms in total. The van der Waals surface area contributed by atoms with Gasteiger partial charge >= 0.3 is 6.09 Å². The van der Waals surface area contributed by atoms with Crippen LogP contribution in [0.3, 0.4) is 0 Å². The minimum Gasteiger partial charge on any atom is -0.453 e. The number of nitrogens with one attached hydrogen (secondary N) is 1. The highest BCUT2D eigenvalue weighted by molar-refractivity contribution is 5.67. The van der Waals surface area contributed by atoms with E-state index in [-0.39, 0.29) is 24.1 Å². The van der Waals surface area contributed by atoms with E-state index >= 15 is 0 Å². The van der Waals surface area contributed by atoms with Gasteiger partial charge in [-0.25, -0.2) is 13.6 Å². The molecule has 0 aliphatic carbocycles. The quantitative estimate of drug-likeness (QED) is 0.866. The largest absolute Gasteiger partial charge is 0.453 e. The zero-order valence-electron chi connectivity index (χ0n) is 12.8. The zero-order valence-corrected chi connectivity index (χ0v) is 12.8. The highest BCUT2D eigenvalue weighted by Gasteiger charge is 2.32. The second-order valence-corrected chi connectivity index (χ2v) is 6.74. The summed E-state index contributed by atoms with van der Waals surface area (Å²) in [4.78, 5) is 13.3. The van der Waals surface area contributed by atoms with E-state index in [0.29, 0.717) is 19.0 Å². The molecule has 1 saturated heterocycles. The van der Waals surface area contributed by atoms with E-state index < -0.39 is 6.43 Å². The van der Waals surface area contributed by atoms with Crippen LogP contribution in [0, 0.1) is 11.3 Å². The van der Waals surface area contributed by atoms with E-state index in [9.17, 15) is 13.6 Å². The Labute approximate surface area is 119 Å². The Morgan fingerprint density at radius 2 is 2.05 bits per heavy atom. The van der Waals surface area contributed by atoms with Gasteiger partial charge in [-0.2, -0.15) is 0 Å². The van der Waals surface area contributed by atoms with Gasteiger partial charge in [-0.3, -0.25) is 0 Å². The normalized spacial score (nSPS) is 24.1. The summed E-state index contributed by atoms with van der Waals surface area (Å²) in [7, 11) is 1.34. The fourth-order valence-corrected chi connectivity index (χ4v) is 2.90. The molecule has 0 radical (unpaired) electrons. The van der Waals surface area contributed by atoms with Crippen molar-refractivity contribution >= 4 is 6.09 Å². The maximum absolute atomic E-state index is 12.3. The summed E-state index contributed by atoms with van der Waals surface area (Å²) in [6.07, 6.45) is -0.984. The van der Waals surface area contributed by atoms with Crippen LogP contribution in [0.1, 0.15) is 33.6 Å². The van der Waals surface area contributed by atoms with Gasteiger partial charge < -0.3 is 15.0 Å². The lowest BCUT2D eigenvalue weighted by molar-refractivity contribution is 0.0743. The number of hydrogen-bond acceptors (Lipinski definition) is 3. The number of carbonyl (C=O) groups is 1. The standard InChI is InChI=1S/C14H26F2N2O2/c1-14(2,3)6-10-5-11(17-7-12(15)16)9-18(8-10)13(19)20-4/h10-12,17H,5-9H2,1-4H3. The van der Waals surface area contributed by atoms with Crippen molar-refractivity contribution in [2.24, 2.45) is 11.3 Å². The summed E-state index contributed by atoms with van der Waals surface area (Å²) in [5, 5.41) is 2.85. The Morgan fingerprint density at radius 3 is 2.55 bits per heavy atom. The smallest absolute Gasteiger partial charge is 0.409 e. The molecule has 118 valence electrons. The van der Waals surface area contributed by atoms with E-state index in [0.717, 1.165) is 12.8 Å². The summed E-state index contributed by atoms with van der Waals surface area (Å²) in [5.41, 5.74) is 0.150. The molecule has 20 heavy (non-hydrogen) atoms.